The van der Waals surface area contributed by atoms with E-state index in [1.54, 1.807) is 11.3 Å². The summed E-state index contributed by atoms with van der Waals surface area (Å²) >= 11 is 1.65. The summed E-state index contributed by atoms with van der Waals surface area (Å²) in [4.78, 5) is 36.9. The van der Waals surface area contributed by atoms with Crippen molar-refractivity contribution in [3.63, 3.8) is 0 Å². The summed E-state index contributed by atoms with van der Waals surface area (Å²) in [7, 11) is 2.14. The third-order valence-electron chi connectivity index (χ3n) is 7.39. The Balaban J connectivity index is 0.00000420. The molecule has 0 spiro atoms. The van der Waals surface area contributed by atoms with Gasteiger partial charge >= 0.3 is 0 Å². The number of hydrogen-bond donors (Lipinski definition) is 1. The van der Waals surface area contributed by atoms with Gasteiger partial charge in [-0.15, -0.1) is 11.3 Å². The number of hydrogen-bond acceptors (Lipinski definition) is 8. The topological polar surface area (TPSA) is 78.0 Å². The fourth-order valence-electron chi connectivity index (χ4n) is 5.23. The van der Waals surface area contributed by atoms with E-state index < -0.39 is 0 Å². The molecule has 1 N–H and O–H groups in total. The van der Waals surface area contributed by atoms with Crippen LogP contribution in [-0.4, -0.2) is 91.5 Å². The molecule has 1 aromatic carbocycles. The average molecular weight is 556 g/mol. The first-order chi connectivity index (χ1) is 18.3. The number of benzene rings is 1. The molecule has 2 saturated heterocycles. The highest BCUT2D eigenvalue weighted by Crippen LogP contribution is 2.30. The minimum Gasteiger partial charge on any atom is -0.376 e. The van der Waals surface area contributed by atoms with Crippen molar-refractivity contribution in [3.05, 3.63) is 47.5 Å². The molecule has 1 amide bonds. The van der Waals surface area contributed by atoms with Crippen molar-refractivity contribution in [2.75, 3.05) is 51.3 Å². The van der Waals surface area contributed by atoms with Crippen LogP contribution in [0, 0.1) is 5.92 Å². The predicted molar refractivity (Wildman–Crippen MR) is 160 cm³/mol. The third-order valence-corrected chi connectivity index (χ3v) is 8.29. The molecule has 1 aromatic heterocycles. The molecule has 2 aromatic rings. The second-order valence-electron chi connectivity index (χ2n) is 10.6. The Labute approximate surface area is 238 Å². The monoisotopic (exact) mass is 555 g/mol. The summed E-state index contributed by atoms with van der Waals surface area (Å²) in [6.45, 7) is 15.8. The van der Waals surface area contributed by atoms with E-state index in [-0.39, 0.29) is 31.5 Å². The molecular weight excluding hydrogens is 510 g/mol. The number of thiazole rings is 1. The van der Waals surface area contributed by atoms with Crippen LogP contribution in [0.25, 0.3) is 11.3 Å². The van der Waals surface area contributed by atoms with E-state index in [1.807, 2.05) is 36.1 Å². The maximum Gasteiger partial charge on any atom is 0.251 e. The number of nitrogens with one attached hydrogen (secondary N) is 1. The largest absolute Gasteiger partial charge is 0.376 e. The molecule has 2 fully saturated rings. The number of aromatic nitrogens is 1. The lowest BCUT2D eigenvalue weighted by molar-refractivity contribution is -0.114. The van der Waals surface area contributed by atoms with E-state index in [1.165, 1.54) is 0 Å². The highest BCUT2D eigenvalue weighted by Gasteiger charge is 2.37. The van der Waals surface area contributed by atoms with Crippen LogP contribution < -0.4 is 10.2 Å². The number of piperazine rings is 1. The number of carbonyl (C=O) groups excluding carboxylic acids is 2. The summed E-state index contributed by atoms with van der Waals surface area (Å²) in [6.07, 6.45) is 2.30. The Kier molecular flexibility index (Phi) is 11.1. The number of ether oxygens (including phenoxy) is 1. The Morgan fingerprint density at radius 1 is 1.26 bits per heavy atom. The zero-order chi connectivity index (χ0) is 27.2. The number of aldehydes is 1. The third kappa shape index (κ3) is 7.47. The van der Waals surface area contributed by atoms with Crippen molar-refractivity contribution in [2.45, 2.75) is 59.2 Å². The van der Waals surface area contributed by atoms with Crippen molar-refractivity contribution in [3.8, 4) is 11.3 Å². The van der Waals surface area contributed by atoms with Crippen LogP contribution in [0.3, 0.4) is 0 Å². The molecule has 39 heavy (non-hydrogen) atoms. The van der Waals surface area contributed by atoms with Gasteiger partial charge in [0.25, 0.3) is 5.91 Å². The zero-order valence-electron chi connectivity index (χ0n) is 23.1. The van der Waals surface area contributed by atoms with Crippen LogP contribution in [-0.2, 0) is 9.53 Å². The minimum atomic E-state index is -0.378. The number of likely N-dealkylation sites (N-methyl/N-ethyl adjacent to an activating group) is 1. The molecule has 0 radical (unpaired) electrons. The van der Waals surface area contributed by atoms with Gasteiger partial charge in [0.05, 0.1) is 17.8 Å². The van der Waals surface area contributed by atoms with E-state index in [2.05, 4.69) is 48.0 Å². The molecule has 9 heteroatoms. The first-order valence-electron chi connectivity index (χ1n) is 13.6. The van der Waals surface area contributed by atoms with Gasteiger partial charge in [0, 0.05) is 61.5 Å². The molecule has 3 atom stereocenters. The lowest BCUT2D eigenvalue weighted by Gasteiger charge is -2.33. The molecule has 2 aliphatic rings. The fourth-order valence-corrected chi connectivity index (χ4v) is 6.12. The Hall–Kier alpha value is -2.75. The first-order valence-corrected chi connectivity index (χ1v) is 14.5. The van der Waals surface area contributed by atoms with Gasteiger partial charge in [-0.25, -0.2) is 4.98 Å². The van der Waals surface area contributed by atoms with Crippen LogP contribution >= 0.6 is 11.3 Å². The summed E-state index contributed by atoms with van der Waals surface area (Å²) in [5.41, 5.74) is 3.15. The van der Waals surface area contributed by atoms with Gasteiger partial charge in [-0.1, -0.05) is 40.0 Å². The van der Waals surface area contributed by atoms with E-state index in [0.717, 1.165) is 67.4 Å². The summed E-state index contributed by atoms with van der Waals surface area (Å²) in [5, 5.41) is 6.30. The quantitative estimate of drug-likeness (QED) is 0.408. The highest BCUT2D eigenvalue weighted by molar-refractivity contribution is 7.14. The van der Waals surface area contributed by atoms with Gasteiger partial charge < -0.3 is 29.5 Å². The van der Waals surface area contributed by atoms with Crippen molar-refractivity contribution in [2.24, 2.45) is 5.92 Å². The van der Waals surface area contributed by atoms with E-state index >= 15 is 0 Å². The number of anilines is 1. The van der Waals surface area contributed by atoms with Crippen LogP contribution in [0.4, 0.5) is 5.13 Å². The van der Waals surface area contributed by atoms with Gasteiger partial charge in [-0.3, -0.25) is 4.79 Å². The van der Waals surface area contributed by atoms with E-state index in [4.69, 9.17) is 9.72 Å². The average Bonchev–Trinajstić information content (AvgIpc) is 3.56. The van der Waals surface area contributed by atoms with Crippen molar-refractivity contribution >= 4 is 28.7 Å². The normalized spacial score (nSPS) is 20.5. The van der Waals surface area contributed by atoms with Gasteiger partial charge in [0.2, 0.25) is 0 Å². The maximum absolute atomic E-state index is 13.4. The lowest BCUT2D eigenvalue weighted by atomic mass is 9.99. The van der Waals surface area contributed by atoms with Gasteiger partial charge in [-0.2, -0.15) is 0 Å². The van der Waals surface area contributed by atoms with Crippen LogP contribution in [0.15, 0.2) is 41.9 Å². The highest BCUT2D eigenvalue weighted by atomic mass is 32.1. The van der Waals surface area contributed by atoms with Crippen LogP contribution in [0.1, 0.15) is 51.4 Å². The molecule has 0 aliphatic carbocycles. The molecule has 0 saturated carbocycles. The molecule has 3 unspecified atom stereocenters. The lowest BCUT2D eigenvalue weighted by Crippen LogP contribution is -2.46. The molecule has 8 nitrogen and oxygen atoms in total. The Morgan fingerprint density at radius 2 is 2.00 bits per heavy atom. The second kappa shape index (κ2) is 14.1. The smallest absolute Gasteiger partial charge is 0.251 e. The van der Waals surface area contributed by atoms with Crippen LogP contribution in [0.5, 0.6) is 0 Å². The number of likely N-dealkylation sites (tertiary alicyclic amines) is 1. The van der Waals surface area contributed by atoms with E-state index in [9.17, 15) is 9.59 Å². The molecular formula is C30H45N5O3S. The Bertz CT molecular complexity index is 1110. The maximum atomic E-state index is 13.4. The molecule has 4 rings (SSSR count). The Morgan fingerprint density at radius 3 is 2.67 bits per heavy atom. The van der Waals surface area contributed by atoms with Gasteiger partial charge in [-0.05, 0) is 44.9 Å². The second-order valence-corrected chi connectivity index (χ2v) is 11.5. The zero-order valence-corrected chi connectivity index (χ0v) is 23.9. The van der Waals surface area contributed by atoms with Crippen molar-refractivity contribution in [1.82, 2.24) is 20.1 Å². The van der Waals surface area contributed by atoms with Gasteiger partial charge in [0.1, 0.15) is 12.3 Å². The number of nitrogens with zero attached hydrogens (tertiary/aromatic N) is 4. The first kappa shape index (κ1) is 30.8. The van der Waals surface area contributed by atoms with Crippen molar-refractivity contribution in [1.29, 1.82) is 0 Å². The molecule has 3 heterocycles. The van der Waals surface area contributed by atoms with Crippen molar-refractivity contribution < 1.29 is 14.3 Å². The van der Waals surface area contributed by atoms with Crippen LogP contribution in [0.2, 0.25) is 0 Å². The SMILES string of the molecule is C.C=C(C(CC(C)C)NC(=O)c1cccc(-c2csc(N3CCN(C)CC3)n2)c1)N1CCC(OCC)C1C=O. The molecule has 2 aliphatic heterocycles. The fraction of sp³-hybridized carbons (Fsp3) is 0.567. The number of rotatable bonds is 11. The van der Waals surface area contributed by atoms with E-state index in [0.29, 0.717) is 24.6 Å². The summed E-state index contributed by atoms with van der Waals surface area (Å²) in [6, 6.07) is 6.98. The predicted octanol–water partition coefficient (Wildman–Crippen LogP) is 4.53. The molecule has 214 valence electrons. The number of carbonyl (C=O) groups is 2. The standard InChI is InChI=1S/C29H41N5O3S.CH4/c1-6-37-27-10-11-34(26(27)18-35)21(4)24(16-20(2)3)30-28(36)23-9-7-8-22(17-23)25-19-38-29(31-25)33-14-12-32(5)13-15-33;/h7-9,17-20,24,26-27H,4,6,10-16H2,1-3,5H3,(H,30,36);1H4. The summed E-state index contributed by atoms with van der Waals surface area (Å²) in [5.74, 6) is 0.183. The summed E-state index contributed by atoms with van der Waals surface area (Å²) < 4.78 is 5.79. The minimum absolute atomic E-state index is 0. The van der Waals surface area contributed by atoms with Gasteiger partial charge in [0.15, 0.2) is 5.13 Å². The molecule has 0 bridgehead atoms. The number of amides is 1.